The third-order valence-corrected chi connectivity index (χ3v) is 3.56. The molecular weight excluding hydrogens is 364 g/mol. The van der Waals surface area contributed by atoms with Crippen LogP contribution in [0.3, 0.4) is 0 Å². The molecule has 0 heterocycles. The minimum Gasteiger partial charge on any atom is -0.490 e. The molecule has 28 heavy (non-hydrogen) atoms. The average molecular weight is 394 g/mol. The molecule has 156 valence electrons. The second-order valence-corrected chi connectivity index (χ2v) is 6.48. The first kappa shape index (κ1) is 23.3. The van der Waals surface area contributed by atoms with Gasteiger partial charge in [-0.3, -0.25) is 14.4 Å². The standard InChI is InChI=1S/C20H30N2O6/c1-6-26-16-9-8-15(10-17(16)27-7-2)20(25)22-12-18(23)28-14(5)19(24)21-11-13(3)4/h8-10,13-14H,6-7,11-12H2,1-5H3,(H,21,24)(H,22,25). The Labute approximate surface area is 165 Å². The van der Waals surface area contributed by atoms with E-state index in [1.54, 1.807) is 18.2 Å². The Morgan fingerprint density at radius 2 is 1.61 bits per heavy atom. The Morgan fingerprint density at radius 1 is 0.964 bits per heavy atom. The van der Waals surface area contributed by atoms with Crippen molar-refractivity contribution in [3.05, 3.63) is 23.8 Å². The van der Waals surface area contributed by atoms with Crippen LogP contribution in [0, 0.1) is 5.92 Å². The molecule has 0 bridgehead atoms. The molecule has 1 rings (SSSR count). The van der Waals surface area contributed by atoms with Crippen LogP contribution >= 0.6 is 0 Å². The van der Waals surface area contributed by atoms with E-state index in [1.165, 1.54) is 6.92 Å². The highest BCUT2D eigenvalue weighted by atomic mass is 16.5. The molecule has 1 unspecified atom stereocenters. The molecule has 0 fully saturated rings. The van der Waals surface area contributed by atoms with E-state index < -0.39 is 18.0 Å². The van der Waals surface area contributed by atoms with Crippen LogP contribution < -0.4 is 20.1 Å². The van der Waals surface area contributed by atoms with Gasteiger partial charge in [0.05, 0.1) is 13.2 Å². The zero-order valence-electron chi connectivity index (χ0n) is 17.2. The first-order chi connectivity index (χ1) is 13.3. The molecule has 0 saturated heterocycles. The number of amides is 2. The molecule has 0 saturated carbocycles. The van der Waals surface area contributed by atoms with Crippen molar-refractivity contribution in [3.8, 4) is 11.5 Å². The van der Waals surface area contributed by atoms with Crippen LogP contribution in [0.15, 0.2) is 18.2 Å². The smallest absolute Gasteiger partial charge is 0.326 e. The highest BCUT2D eigenvalue weighted by Gasteiger charge is 2.19. The zero-order chi connectivity index (χ0) is 21.1. The lowest BCUT2D eigenvalue weighted by Crippen LogP contribution is -2.39. The number of benzene rings is 1. The predicted molar refractivity (Wildman–Crippen MR) is 105 cm³/mol. The van der Waals surface area contributed by atoms with Crippen molar-refractivity contribution < 1.29 is 28.6 Å². The van der Waals surface area contributed by atoms with Gasteiger partial charge in [0, 0.05) is 12.1 Å². The third-order valence-electron chi connectivity index (χ3n) is 3.56. The molecule has 0 aliphatic carbocycles. The van der Waals surface area contributed by atoms with Gasteiger partial charge >= 0.3 is 5.97 Å². The normalized spacial score (nSPS) is 11.5. The Morgan fingerprint density at radius 3 is 2.21 bits per heavy atom. The van der Waals surface area contributed by atoms with Gasteiger partial charge < -0.3 is 24.8 Å². The maximum absolute atomic E-state index is 12.3. The second-order valence-electron chi connectivity index (χ2n) is 6.48. The van der Waals surface area contributed by atoms with Gasteiger partial charge in [0.1, 0.15) is 6.54 Å². The molecule has 2 amide bonds. The van der Waals surface area contributed by atoms with Crippen LogP contribution in [0.1, 0.15) is 45.0 Å². The summed E-state index contributed by atoms with van der Waals surface area (Å²) in [4.78, 5) is 36.0. The first-order valence-corrected chi connectivity index (χ1v) is 9.43. The molecule has 0 aromatic heterocycles. The van der Waals surface area contributed by atoms with E-state index in [-0.39, 0.29) is 12.5 Å². The van der Waals surface area contributed by atoms with Crippen LogP contribution in [-0.4, -0.2) is 50.2 Å². The van der Waals surface area contributed by atoms with E-state index >= 15 is 0 Å². The fraction of sp³-hybridized carbons (Fsp3) is 0.550. The summed E-state index contributed by atoms with van der Waals surface area (Å²) in [6.07, 6.45) is -0.932. The molecular formula is C20H30N2O6. The summed E-state index contributed by atoms with van der Waals surface area (Å²) in [6.45, 7) is 10.1. The summed E-state index contributed by atoms with van der Waals surface area (Å²) in [6, 6.07) is 4.77. The van der Waals surface area contributed by atoms with Gasteiger partial charge in [0.25, 0.3) is 11.8 Å². The van der Waals surface area contributed by atoms with Gasteiger partial charge in [0.15, 0.2) is 17.6 Å². The minimum atomic E-state index is -0.932. The van der Waals surface area contributed by atoms with Crippen LogP contribution in [0.25, 0.3) is 0 Å². The molecule has 0 aliphatic heterocycles. The number of esters is 1. The van der Waals surface area contributed by atoms with Gasteiger partial charge in [-0.15, -0.1) is 0 Å². The Balaban J connectivity index is 2.58. The van der Waals surface area contributed by atoms with Crippen LogP contribution in [0.4, 0.5) is 0 Å². The van der Waals surface area contributed by atoms with Crippen LogP contribution in [-0.2, 0) is 14.3 Å². The molecule has 0 aliphatic rings. The molecule has 0 radical (unpaired) electrons. The van der Waals surface area contributed by atoms with Crippen molar-refractivity contribution in [2.24, 2.45) is 5.92 Å². The number of rotatable bonds is 11. The summed E-state index contributed by atoms with van der Waals surface area (Å²) in [7, 11) is 0. The summed E-state index contributed by atoms with van der Waals surface area (Å²) in [5.41, 5.74) is 0.322. The van der Waals surface area contributed by atoms with Crippen LogP contribution in [0.5, 0.6) is 11.5 Å². The fourth-order valence-corrected chi connectivity index (χ4v) is 2.19. The van der Waals surface area contributed by atoms with Crippen molar-refractivity contribution in [2.45, 2.75) is 40.7 Å². The highest BCUT2D eigenvalue weighted by Crippen LogP contribution is 2.28. The molecule has 1 aromatic carbocycles. The summed E-state index contributed by atoms with van der Waals surface area (Å²) in [5.74, 6) is -0.242. The highest BCUT2D eigenvalue weighted by molar-refractivity contribution is 5.96. The number of hydrogen-bond acceptors (Lipinski definition) is 6. The predicted octanol–water partition coefficient (Wildman–Crippen LogP) is 1.92. The van der Waals surface area contributed by atoms with Crippen molar-refractivity contribution in [3.63, 3.8) is 0 Å². The topological polar surface area (TPSA) is 103 Å². The van der Waals surface area contributed by atoms with Crippen molar-refractivity contribution in [1.82, 2.24) is 10.6 Å². The number of nitrogens with one attached hydrogen (secondary N) is 2. The molecule has 0 spiro atoms. The van der Waals surface area contributed by atoms with E-state index in [0.717, 1.165) is 0 Å². The van der Waals surface area contributed by atoms with Crippen molar-refractivity contribution >= 4 is 17.8 Å². The second kappa shape index (κ2) is 11.8. The Kier molecular flexibility index (Phi) is 9.84. The first-order valence-electron chi connectivity index (χ1n) is 9.43. The van der Waals surface area contributed by atoms with Gasteiger partial charge in [-0.05, 0) is 44.9 Å². The fourth-order valence-electron chi connectivity index (χ4n) is 2.19. The largest absolute Gasteiger partial charge is 0.490 e. The van der Waals surface area contributed by atoms with Crippen molar-refractivity contribution in [1.29, 1.82) is 0 Å². The lowest BCUT2D eigenvalue weighted by Gasteiger charge is -2.15. The van der Waals surface area contributed by atoms with Gasteiger partial charge in [-0.1, -0.05) is 13.8 Å². The van der Waals surface area contributed by atoms with E-state index in [4.69, 9.17) is 14.2 Å². The maximum atomic E-state index is 12.3. The lowest BCUT2D eigenvalue weighted by molar-refractivity contribution is -0.153. The molecule has 1 aromatic rings. The van der Waals surface area contributed by atoms with Gasteiger partial charge in [-0.2, -0.15) is 0 Å². The summed E-state index contributed by atoms with van der Waals surface area (Å²) < 4.78 is 16.0. The number of carbonyl (C=O) groups excluding carboxylic acids is 3. The van der Waals surface area contributed by atoms with E-state index in [2.05, 4.69) is 10.6 Å². The van der Waals surface area contributed by atoms with Crippen molar-refractivity contribution in [2.75, 3.05) is 26.3 Å². The molecule has 1 atom stereocenters. The summed E-state index contributed by atoms with van der Waals surface area (Å²) in [5, 5.41) is 5.15. The number of hydrogen-bond donors (Lipinski definition) is 2. The average Bonchev–Trinajstić information content (AvgIpc) is 2.65. The quantitative estimate of drug-likeness (QED) is 0.556. The van der Waals surface area contributed by atoms with Crippen LogP contribution in [0.2, 0.25) is 0 Å². The summed E-state index contributed by atoms with van der Waals surface area (Å²) >= 11 is 0. The minimum absolute atomic E-state index is 0.293. The third kappa shape index (κ3) is 7.85. The van der Waals surface area contributed by atoms with E-state index in [0.29, 0.717) is 42.7 Å². The Hall–Kier alpha value is -2.77. The monoisotopic (exact) mass is 394 g/mol. The maximum Gasteiger partial charge on any atom is 0.326 e. The molecule has 8 heteroatoms. The van der Waals surface area contributed by atoms with Gasteiger partial charge in [0.2, 0.25) is 0 Å². The van der Waals surface area contributed by atoms with E-state index in [1.807, 2.05) is 27.7 Å². The van der Waals surface area contributed by atoms with E-state index in [9.17, 15) is 14.4 Å². The molecule has 2 N–H and O–H groups in total. The SMILES string of the molecule is CCOc1ccc(C(=O)NCC(=O)OC(C)C(=O)NCC(C)C)cc1OCC. The number of ether oxygens (including phenoxy) is 3. The number of carbonyl (C=O) groups is 3. The zero-order valence-corrected chi connectivity index (χ0v) is 17.2. The van der Waals surface area contributed by atoms with Gasteiger partial charge in [-0.25, -0.2) is 0 Å². The molecule has 8 nitrogen and oxygen atoms in total. The lowest BCUT2D eigenvalue weighted by atomic mass is 10.2. The Bertz CT molecular complexity index is 675.